The minimum atomic E-state index is -0.0496. The number of nitrogens with one attached hydrogen (secondary N) is 1. The van der Waals surface area contributed by atoms with Crippen molar-refractivity contribution >= 4 is 17.2 Å². The van der Waals surface area contributed by atoms with E-state index in [4.69, 9.17) is 0 Å². The highest BCUT2D eigenvalue weighted by molar-refractivity contribution is 7.09. The van der Waals surface area contributed by atoms with Crippen molar-refractivity contribution in [1.29, 1.82) is 0 Å². The Morgan fingerprint density at radius 2 is 2.36 bits per heavy atom. The summed E-state index contributed by atoms with van der Waals surface area (Å²) in [5.41, 5.74) is 0.848. The molecular weight excluding hydrogens is 298 g/mol. The Kier molecular flexibility index (Phi) is 4.74. The number of hydrogen-bond acceptors (Lipinski definition) is 6. The highest BCUT2D eigenvalue weighted by atomic mass is 32.1. The molecule has 0 bridgehead atoms. The minimum Gasteiger partial charge on any atom is -0.351 e. The lowest BCUT2D eigenvalue weighted by Crippen LogP contribution is -2.25. The number of nitrogens with zero attached hydrogens (tertiary/aromatic N) is 4. The predicted molar refractivity (Wildman–Crippen MR) is 84.1 cm³/mol. The molecule has 0 aromatic carbocycles. The molecule has 1 fully saturated rings. The maximum atomic E-state index is 11.0. The van der Waals surface area contributed by atoms with Crippen molar-refractivity contribution in [1.82, 2.24) is 25.2 Å². The summed E-state index contributed by atoms with van der Waals surface area (Å²) >= 11 is 1.68. The third-order valence-electron chi connectivity index (χ3n) is 3.73. The fourth-order valence-electron chi connectivity index (χ4n) is 2.70. The van der Waals surface area contributed by atoms with Crippen molar-refractivity contribution in [3.05, 3.63) is 40.4 Å². The molecule has 1 N–H and O–H groups in total. The molecule has 1 aliphatic heterocycles. The van der Waals surface area contributed by atoms with Crippen LogP contribution < -0.4 is 5.32 Å². The first kappa shape index (κ1) is 15.1. The van der Waals surface area contributed by atoms with Gasteiger partial charge in [0.15, 0.2) is 0 Å². The first-order chi connectivity index (χ1) is 10.7. The van der Waals surface area contributed by atoms with E-state index in [2.05, 4.69) is 25.2 Å². The van der Waals surface area contributed by atoms with E-state index in [0.29, 0.717) is 6.54 Å². The van der Waals surface area contributed by atoms with Crippen LogP contribution in [0.3, 0.4) is 0 Å². The fraction of sp³-hybridized carbons (Fsp3) is 0.467. The van der Waals surface area contributed by atoms with E-state index in [1.165, 1.54) is 6.92 Å². The maximum absolute atomic E-state index is 11.0. The second-order valence-corrected chi connectivity index (χ2v) is 6.35. The van der Waals surface area contributed by atoms with Crippen LogP contribution in [0.2, 0.25) is 0 Å². The summed E-state index contributed by atoms with van der Waals surface area (Å²) in [5, 5.41) is 5.91. The Balaban J connectivity index is 1.71. The molecule has 1 aliphatic rings. The van der Waals surface area contributed by atoms with Gasteiger partial charge in [-0.15, -0.1) is 11.3 Å². The van der Waals surface area contributed by atoms with Gasteiger partial charge in [-0.05, 0) is 25.5 Å². The van der Waals surface area contributed by atoms with Crippen LogP contribution in [-0.2, 0) is 17.9 Å². The zero-order valence-corrected chi connectivity index (χ0v) is 13.3. The van der Waals surface area contributed by atoms with Crippen molar-refractivity contribution in [2.45, 2.75) is 38.9 Å². The molecule has 2 aromatic rings. The van der Waals surface area contributed by atoms with Gasteiger partial charge in [0.2, 0.25) is 5.91 Å². The van der Waals surface area contributed by atoms with Crippen molar-refractivity contribution in [3.8, 4) is 0 Å². The molecule has 22 heavy (non-hydrogen) atoms. The third-order valence-corrected chi connectivity index (χ3v) is 4.50. The number of carbonyl (C=O) groups is 1. The summed E-state index contributed by atoms with van der Waals surface area (Å²) in [7, 11) is 0. The molecule has 0 spiro atoms. The number of amides is 1. The van der Waals surface area contributed by atoms with Crippen LogP contribution in [0.5, 0.6) is 0 Å². The Labute approximate surface area is 133 Å². The maximum Gasteiger partial charge on any atom is 0.217 e. The molecule has 1 amide bonds. The lowest BCUT2D eigenvalue weighted by Gasteiger charge is -2.22. The van der Waals surface area contributed by atoms with E-state index in [1.807, 2.05) is 17.6 Å². The van der Waals surface area contributed by atoms with Crippen molar-refractivity contribution in [2.24, 2.45) is 0 Å². The first-order valence-electron chi connectivity index (χ1n) is 7.41. The van der Waals surface area contributed by atoms with Crippen LogP contribution in [0.4, 0.5) is 0 Å². The second-order valence-electron chi connectivity index (χ2n) is 5.37. The molecule has 3 heterocycles. The van der Waals surface area contributed by atoms with Crippen LogP contribution in [0.15, 0.2) is 23.8 Å². The fourth-order valence-corrected chi connectivity index (χ4v) is 3.34. The van der Waals surface area contributed by atoms with Crippen molar-refractivity contribution in [2.75, 3.05) is 6.54 Å². The molecule has 7 heteroatoms. The Morgan fingerprint density at radius 3 is 3.14 bits per heavy atom. The molecule has 3 rings (SSSR count). The SMILES string of the molecule is CC(=O)NCc1ccnc([C@@H]2CCCN2Cc2nccs2)n1. The average Bonchev–Trinajstić information content (AvgIpc) is 3.18. The quantitative estimate of drug-likeness (QED) is 0.912. The molecule has 0 radical (unpaired) electrons. The largest absolute Gasteiger partial charge is 0.351 e. The molecule has 1 saturated heterocycles. The van der Waals surface area contributed by atoms with Gasteiger partial charge in [-0.1, -0.05) is 0 Å². The normalized spacial score (nSPS) is 18.5. The van der Waals surface area contributed by atoms with Gasteiger partial charge in [0.05, 0.1) is 24.8 Å². The monoisotopic (exact) mass is 317 g/mol. The van der Waals surface area contributed by atoms with E-state index >= 15 is 0 Å². The van der Waals surface area contributed by atoms with Crippen LogP contribution in [0.1, 0.15) is 42.3 Å². The number of likely N-dealkylation sites (tertiary alicyclic amines) is 1. The Morgan fingerprint density at radius 1 is 1.45 bits per heavy atom. The molecule has 116 valence electrons. The Hall–Kier alpha value is -1.86. The van der Waals surface area contributed by atoms with Gasteiger partial charge < -0.3 is 5.32 Å². The van der Waals surface area contributed by atoms with E-state index in [9.17, 15) is 4.79 Å². The van der Waals surface area contributed by atoms with Gasteiger partial charge in [0.25, 0.3) is 0 Å². The summed E-state index contributed by atoms with van der Waals surface area (Å²) in [5.74, 6) is 0.795. The molecule has 0 saturated carbocycles. The van der Waals surface area contributed by atoms with Crippen molar-refractivity contribution in [3.63, 3.8) is 0 Å². The number of thiazole rings is 1. The van der Waals surface area contributed by atoms with Crippen LogP contribution in [0, 0.1) is 0 Å². The van der Waals surface area contributed by atoms with E-state index in [0.717, 1.165) is 42.5 Å². The lowest BCUT2D eigenvalue weighted by molar-refractivity contribution is -0.119. The summed E-state index contributed by atoms with van der Waals surface area (Å²) in [6.07, 6.45) is 5.83. The molecule has 0 aliphatic carbocycles. The summed E-state index contributed by atoms with van der Waals surface area (Å²) in [6, 6.07) is 2.08. The minimum absolute atomic E-state index is 0.0496. The number of aromatic nitrogens is 3. The predicted octanol–water partition coefficient (Wildman–Crippen LogP) is 1.91. The summed E-state index contributed by atoms with van der Waals surface area (Å²) < 4.78 is 0. The van der Waals surface area contributed by atoms with Gasteiger partial charge in [0, 0.05) is 24.7 Å². The standard InChI is InChI=1S/C15H19N5OS/c1-11(21)18-9-12-4-5-17-15(19-12)13-3-2-7-20(13)10-14-16-6-8-22-14/h4-6,8,13H,2-3,7,9-10H2,1H3,(H,18,21)/t13-/m0/s1. The van der Waals surface area contributed by atoms with Gasteiger partial charge in [-0.25, -0.2) is 15.0 Å². The van der Waals surface area contributed by atoms with E-state index in [-0.39, 0.29) is 11.9 Å². The zero-order valence-electron chi connectivity index (χ0n) is 12.5. The van der Waals surface area contributed by atoms with E-state index < -0.39 is 0 Å². The molecular formula is C15H19N5OS. The van der Waals surface area contributed by atoms with Crippen LogP contribution >= 0.6 is 11.3 Å². The smallest absolute Gasteiger partial charge is 0.217 e. The van der Waals surface area contributed by atoms with Gasteiger partial charge in [-0.3, -0.25) is 9.69 Å². The summed E-state index contributed by atoms with van der Waals surface area (Å²) in [6.45, 7) is 3.85. The number of rotatable bonds is 5. The number of hydrogen-bond donors (Lipinski definition) is 1. The van der Waals surface area contributed by atoms with Crippen molar-refractivity contribution < 1.29 is 4.79 Å². The molecule has 0 unspecified atom stereocenters. The van der Waals surface area contributed by atoms with E-state index in [1.54, 1.807) is 17.5 Å². The highest BCUT2D eigenvalue weighted by Gasteiger charge is 2.28. The lowest BCUT2D eigenvalue weighted by atomic mass is 10.2. The molecule has 6 nitrogen and oxygen atoms in total. The molecule has 1 atom stereocenters. The van der Waals surface area contributed by atoms with Gasteiger partial charge in [-0.2, -0.15) is 0 Å². The first-order valence-corrected chi connectivity index (χ1v) is 8.29. The highest BCUT2D eigenvalue weighted by Crippen LogP contribution is 2.31. The van der Waals surface area contributed by atoms with Crippen LogP contribution in [-0.4, -0.2) is 32.3 Å². The zero-order chi connectivity index (χ0) is 15.4. The topological polar surface area (TPSA) is 71.0 Å². The second kappa shape index (κ2) is 6.93. The summed E-state index contributed by atoms with van der Waals surface area (Å²) in [4.78, 5) is 26.8. The molecule has 2 aromatic heterocycles. The number of carbonyl (C=O) groups excluding carboxylic acids is 1. The Bertz CT molecular complexity index is 631. The van der Waals surface area contributed by atoms with Gasteiger partial charge in [0.1, 0.15) is 10.8 Å². The van der Waals surface area contributed by atoms with Gasteiger partial charge >= 0.3 is 0 Å². The average molecular weight is 317 g/mol. The van der Waals surface area contributed by atoms with Crippen LogP contribution in [0.25, 0.3) is 0 Å². The third kappa shape index (κ3) is 3.66.